The zero-order valence-corrected chi connectivity index (χ0v) is 13.0. The molecule has 0 saturated carbocycles. The molecule has 0 aromatic heterocycles. The van der Waals surface area contributed by atoms with Crippen molar-refractivity contribution >= 4 is 0 Å². The molecule has 112 valence electrons. The van der Waals surface area contributed by atoms with Crippen molar-refractivity contribution in [3.05, 3.63) is 65.7 Å². The Kier molecular flexibility index (Phi) is 5.82. The Morgan fingerprint density at radius 3 is 2.19 bits per heavy atom. The molecule has 0 heterocycles. The van der Waals surface area contributed by atoms with Crippen molar-refractivity contribution in [2.75, 3.05) is 6.54 Å². The van der Waals surface area contributed by atoms with Crippen LogP contribution in [0.25, 0.3) is 0 Å². The van der Waals surface area contributed by atoms with E-state index in [1.54, 1.807) is 0 Å². The van der Waals surface area contributed by atoms with Gasteiger partial charge in [0, 0.05) is 0 Å². The highest BCUT2D eigenvalue weighted by atomic mass is 16.5. The first-order chi connectivity index (χ1) is 10.2. The first-order valence-corrected chi connectivity index (χ1v) is 7.69. The van der Waals surface area contributed by atoms with Crippen LogP contribution in [0.2, 0.25) is 0 Å². The van der Waals surface area contributed by atoms with E-state index >= 15 is 0 Å². The molecule has 0 saturated heterocycles. The van der Waals surface area contributed by atoms with Crippen LogP contribution in [-0.2, 0) is 6.42 Å². The molecular weight excluding hydrogens is 258 g/mol. The highest BCUT2D eigenvalue weighted by Gasteiger charge is 2.12. The first kappa shape index (κ1) is 15.6. The van der Waals surface area contributed by atoms with Gasteiger partial charge in [-0.3, -0.25) is 0 Å². The van der Waals surface area contributed by atoms with Crippen LogP contribution in [-0.4, -0.2) is 12.6 Å². The number of nitrogens with two attached hydrogens (primary N) is 1. The topological polar surface area (TPSA) is 35.2 Å². The molecule has 0 amide bonds. The van der Waals surface area contributed by atoms with Gasteiger partial charge in [0.15, 0.2) is 0 Å². The number of hydrogen-bond donors (Lipinski definition) is 1. The van der Waals surface area contributed by atoms with Gasteiger partial charge in [0.1, 0.15) is 5.75 Å². The molecule has 2 nitrogen and oxygen atoms in total. The minimum Gasteiger partial charge on any atom is -0.491 e. The summed E-state index contributed by atoms with van der Waals surface area (Å²) in [5.41, 5.74) is 8.48. The van der Waals surface area contributed by atoms with Crippen LogP contribution in [0, 0.1) is 0 Å². The van der Waals surface area contributed by atoms with Gasteiger partial charge >= 0.3 is 0 Å². The molecule has 21 heavy (non-hydrogen) atoms. The summed E-state index contributed by atoms with van der Waals surface area (Å²) in [6.45, 7) is 4.79. The Bertz CT molecular complexity index is 519. The number of hydrogen-bond acceptors (Lipinski definition) is 2. The zero-order chi connectivity index (χ0) is 15.1. The van der Waals surface area contributed by atoms with Gasteiger partial charge in [0.05, 0.1) is 6.10 Å². The Morgan fingerprint density at radius 1 is 0.952 bits per heavy atom. The van der Waals surface area contributed by atoms with Gasteiger partial charge in [0.2, 0.25) is 0 Å². The van der Waals surface area contributed by atoms with Crippen molar-refractivity contribution in [3.8, 4) is 5.75 Å². The summed E-state index contributed by atoms with van der Waals surface area (Å²) >= 11 is 0. The van der Waals surface area contributed by atoms with Gasteiger partial charge in [-0.25, -0.2) is 0 Å². The van der Waals surface area contributed by atoms with Gasteiger partial charge < -0.3 is 10.5 Å². The molecule has 0 radical (unpaired) electrons. The fourth-order valence-corrected chi connectivity index (χ4v) is 2.58. The number of rotatable bonds is 7. The van der Waals surface area contributed by atoms with Gasteiger partial charge in [-0.2, -0.15) is 0 Å². The second-order valence-electron chi connectivity index (χ2n) is 5.70. The summed E-state index contributed by atoms with van der Waals surface area (Å²) in [4.78, 5) is 0. The minimum atomic E-state index is 0.208. The Morgan fingerprint density at radius 2 is 1.62 bits per heavy atom. The van der Waals surface area contributed by atoms with E-state index in [2.05, 4.69) is 54.6 Å². The molecule has 0 unspecified atom stereocenters. The summed E-state index contributed by atoms with van der Waals surface area (Å²) in [6.07, 6.45) is 2.24. The number of benzene rings is 2. The van der Waals surface area contributed by atoms with Crippen LogP contribution in [0.4, 0.5) is 0 Å². The molecule has 0 fully saturated rings. The summed E-state index contributed by atoms with van der Waals surface area (Å²) in [5.74, 6) is 1.39. The molecule has 2 aromatic rings. The summed E-state index contributed by atoms with van der Waals surface area (Å²) in [7, 11) is 0. The normalized spacial score (nSPS) is 12.4. The highest BCUT2D eigenvalue weighted by molar-refractivity contribution is 5.31. The highest BCUT2D eigenvalue weighted by Crippen LogP contribution is 2.26. The molecule has 2 N–H and O–H groups in total. The Labute approximate surface area is 127 Å². The van der Waals surface area contributed by atoms with E-state index in [9.17, 15) is 0 Å². The van der Waals surface area contributed by atoms with E-state index in [-0.39, 0.29) is 6.10 Å². The van der Waals surface area contributed by atoms with Crippen LogP contribution >= 0.6 is 0 Å². The SMILES string of the molecule is CC(C)Oc1ccc([C@@H](CCN)Cc2ccccc2)cc1. The molecule has 0 aliphatic rings. The molecule has 0 spiro atoms. The van der Waals surface area contributed by atoms with E-state index in [4.69, 9.17) is 10.5 Å². The predicted molar refractivity (Wildman–Crippen MR) is 88.8 cm³/mol. The van der Waals surface area contributed by atoms with Crippen molar-refractivity contribution in [2.45, 2.75) is 38.7 Å². The molecule has 2 aromatic carbocycles. The third-order valence-corrected chi connectivity index (χ3v) is 3.56. The van der Waals surface area contributed by atoms with Gasteiger partial charge in [-0.15, -0.1) is 0 Å². The maximum absolute atomic E-state index is 5.79. The lowest BCUT2D eigenvalue weighted by molar-refractivity contribution is 0.242. The molecule has 2 rings (SSSR count). The maximum Gasteiger partial charge on any atom is 0.119 e. The van der Waals surface area contributed by atoms with Crippen molar-refractivity contribution in [1.82, 2.24) is 0 Å². The van der Waals surface area contributed by atoms with Gasteiger partial charge in [-0.05, 0) is 62.4 Å². The molecule has 0 bridgehead atoms. The quantitative estimate of drug-likeness (QED) is 0.828. The van der Waals surface area contributed by atoms with E-state index < -0.39 is 0 Å². The van der Waals surface area contributed by atoms with E-state index in [1.165, 1.54) is 11.1 Å². The molecule has 2 heteroatoms. The molecule has 0 aliphatic carbocycles. The average molecular weight is 283 g/mol. The fraction of sp³-hybridized carbons (Fsp3) is 0.368. The number of ether oxygens (including phenoxy) is 1. The van der Waals surface area contributed by atoms with Gasteiger partial charge in [0.25, 0.3) is 0 Å². The fourth-order valence-electron chi connectivity index (χ4n) is 2.58. The lowest BCUT2D eigenvalue weighted by atomic mass is 9.89. The van der Waals surface area contributed by atoms with Crippen molar-refractivity contribution < 1.29 is 4.74 Å². The lowest BCUT2D eigenvalue weighted by Gasteiger charge is -2.18. The third-order valence-electron chi connectivity index (χ3n) is 3.56. The van der Waals surface area contributed by atoms with Crippen LogP contribution < -0.4 is 10.5 Å². The lowest BCUT2D eigenvalue weighted by Crippen LogP contribution is -2.10. The Balaban J connectivity index is 2.10. The maximum atomic E-state index is 5.79. The summed E-state index contributed by atoms with van der Waals surface area (Å²) in [6, 6.07) is 19.1. The average Bonchev–Trinajstić information content (AvgIpc) is 2.48. The molecule has 1 atom stereocenters. The zero-order valence-electron chi connectivity index (χ0n) is 13.0. The van der Waals surface area contributed by atoms with Gasteiger partial charge in [-0.1, -0.05) is 42.5 Å². The summed E-state index contributed by atoms with van der Waals surface area (Å²) < 4.78 is 5.70. The van der Waals surface area contributed by atoms with E-state index in [0.29, 0.717) is 12.5 Å². The summed E-state index contributed by atoms with van der Waals surface area (Å²) in [5, 5.41) is 0. The van der Waals surface area contributed by atoms with Crippen LogP contribution in [0.5, 0.6) is 5.75 Å². The van der Waals surface area contributed by atoms with Crippen LogP contribution in [0.3, 0.4) is 0 Å². The second kappa shape index (κ2) is 7.84. The smallest absolute Gasteiger partial charge is 0.119 e. The van der Waals surface area contributed by atoms with Crippen molar-refractivity contribution in [2.24, 2.45) is 5.73 Å². The van der Waals surface area contributed by atoms with Crippen molar-refractivity contribution in [3.63, 3.8) is 0 Å². The standard InChI is InChI=1S/C19H25NO/c1-15(2)21-19-10-8-17(9-11-19)18(12-13-20)14-16-6-4-3-5-7-16/h3-11,15,18H,12-14,20H2,1-2H3/t18-/m0/s1. The largest absolute Gasteiger partial charge is 0.491 e. The van der Waals surface area contributed by atoms with Crippen LogP contribution in [0.15, 0.2) is 54.6 Å². The van der Waals surface area contributed by atoms with E-state index in [1.807, 2.05) is 13.8 Å². The minimum absolute atomic E-state index is 0.208. The van der Waals surface area contributed by atoms with E-state index in [0.717, 1.165) is 18.6 Å². The second-order valence-corrected chi connectivity index (χ2v) is 5.70. The van der Waals surface area contributed by atoms with Crippen molar-refractivity contribution in [1.29, 1.82) is 0 Å². The third kappa shape index (κ3) is 4.91. The molecular formula is C19H25NO. The monoisotopic (exact) mass is 283 g/mol. The predicted octanol–water partition coefficient (Wildman–Crippen LogP) is 4.15. The molecule has 0 aliphatic heterocycles. The first-order valence-electron chi connectivity index (χ1n) is 7.69. The van der Waals surface area contributed by atoms with Crippen LogP contribution in [0.1, 0.15) is 37.3 Å². The Hall–Kier alpha value is -1.80.